The molecule has 1 fully saturated rings. The van der Waals surface area contributed by atoms with Gasteiger partial charge in [0.25, 0.3) is 5.91 Å². The highest BCUT2D eigenvalue weighted by Gasteiger charge is 2.23. The Labute approximate surface area is 138 Å². The normalized spacial score (nSPS) is 15.3. The van der Waals surface area contributed by atoms with Gasteiger partial charge in [0.2, 0.25) is 5.91 Å². The highest BCUT2D eigenvalue weighted by atomic mass is 32.1. The minimum absolute atomic E-state index is 0.120. The zero-order valence-corrected chi connectivity index (χ0v) is 13.5. The van der Waals surface area contributed by atoms with Gasteiger partial charge in [-0.1, -0.05) is 6.07 Å². The lowest BCUT2D eigenvalue weighted by molar-refractivity contribution is -0.130. The molecule has 7 heteroatoms. The first kappa shape index (κ1) is 15.6. The molecular weight excluding hydrogens is 312 g/mol. The van der Waals surface area contributed by atoms with Crippen LogP contribution in [0.1, 0.15) is 21.8 Å². The standard InChI is InChI=1S/C16H18N4O2S/c21-15(11-13-3-1-10-23-13)19-6-2-7-20(9-8-19)16(22)14-12-17-4-5-18-14/h1,3-5,10,12H,2,6-9,11H2. The fourth-order valence-electron chi connectivity index (χ4n) is 2.62. The molecule has 0 aliphatic carbocycles. The summed E-state index contributed by atoms with van der Waals surface area (Å²) in [4.78, 5) is 37.4. The quantitative estimate of drug-likeness (QED) is 0.854. The van der Waals surface area contributed by atoms with E-state index in [0.29, 0.717) is 38.3 Å². The van der Waals surface area contributed by atoms with Crippen LogP contribution in [0.3, 0.4) is 0 Å². The fraction of sp³-hybridized carbons (Fsp3) is 0.375. The largest absolute Gasteiger partial charge is 0.341 e. The van der Waals surface area contributed by atoms with E-state index in [2.05, 4.69) is 9.97 Å². The molecule has 1 aliphatic rings. The van der Waals surface area contributed by atoms with E-state index < -0.39 is 0 Å². The van der Waals surface area contributed by atoms with Crippen LogP contribution in [0, 0.1) is 0 Å². The lowest BCUT2D eigenvalue weighted by atomic mass is 10.3. The van der Waals surface area contributed by atoms with Gasteiger partial charge in [-0.3, -0.25) is 14.6 Å². The highest BCUT2D eigenvalue weighted by Crippen LogP contribution is 2.13. The number of thiophene rings is 1. The zero-order valence-electron chi connectivity index (χ0n) is 12.7. The first-order valence-electron chi connectivity index (χ1n) is 7.59. The molecule has 3 heterocycles. The van der Waals surface area contributed by atoms with Crippen molar-refractivity contribution >= 4 is 23.2 Å². The fourth-order valence-corrected chi connectivity index (χ4v) is 3.31. The van der Waals surface area contributed by atoms with E-state index in [1.54, 1.807) is 22.4 Å². The van der Waals surface area contributed by atoms with Crippen LogP contribution in [0.4, 0.5) is 0 Å². The van der Waals surface area contributed by atoms with E-state index in [9.17, 15) is 9.59 Å². The maximum atomic E-state index is 12.4. The third-order valence-corrected chi connectivity index (χ3v) is 4.70. The topological polar surface area (TPSA) is 66.4 Å². The van der Waals surface area contributed by atoms with Crippen molar-refractivity contribution in [3.05, 3.63) is 46.7 Å². The second-order valence-electron chi connectivity index (χ2n) is 5.37. The van der Waals surface area contributed by atoms with Crippen molar-refractivity contribution in [1.29, 1.82) is 0 Å². The molecule has 0 atom stereocenters. The van der Waals surface area contributed by atoms with Crippen molar-refractivity contribution < 1.29 is 9.59 Å². The third-order valence-electron chi connectivity index (χ3n) is 3.82. The SMILES string of the molecule is O=C(Cc1cccs1)N1CCCN(C(=O)c2cnccn2)CC1. The van der Waals surface area contributed by atoms with Crippen molar-refractivity contribution in [2.24, 2.45) is 0 Å². The number of carbonyl (C=O) groups excluding carboxylic acids is 2. The maximum Gasteiger partial charge on any atom is 0.274 e. The van der Waals surface area contributed by atoms with Crippen LogP contribution in [-0.2, 0) is 11.2 Å². The Morgan fingerprint density at radius 2 is 1.96 bits per heavy atom. The number of nitrogens with zero attached hydrogens (tertiary/aromatic N) is 4. The summed E-state index contributed by atoms with van der Waals surface area (Å²) in [5.74, 6) is 0.00640. The second kappa shape index (κ2) is 7.32. The van der Waals surface area contributed by atoms with Gasteiger partial charge in [-0.2, -0.15) is 0 Å². The van der Waals surface area contributed by atoms with Gasteiger partial charge >= 0.3 is 0 Å². The Kier molecular flexibility index (Phi) is 4.97. The Morgan fingerprint density at radius 3 is 2.70 bits per heavy atom. The van der Waals surface area contributed by atoms with E-state index in [0.717, 1.165) is 11.3 Å². The summed E-state index contributed by atoms with van der Waals surface area (Å²) in [6.07, 6.45) is 5.76. The molecule has 1 aliphatic heterocycles. The summed E-state index contributed by atoms with van der Waals surface area (Å²) in [6.45, 7) is 2.43. The van der Waals surface area contributed by atoms with Gasteiger partial charge in [0, 0.05) is 43.4 Å². The van der Waals surface area contributed by atoms with Crippen LogP contribution in [0.25, 0.3) is 0 Å². The average Bonchev–Trinajstić information content (AvgIpc) is 2.96. The molecule has 3 rings (SSSR count). The van der Waals surface area contributed by atoms with Crippen LogP contribution >= 0.6 is 11.3 Å². The minimum Gasteiger partial charge on any atom is -0.341 e. The summed E-state index contributed by atoms with van der Waals surface area (Å²) in [7, 11) is 0. The summed E-state index contributed by atoms with van der Waals surface area (Å²) >= 11 is 1.60. The van der Waals surface area contributed by atoms with E-state index in [1.807, 2.05) is 22.4 Å². The molecule has 0 radical (unpaired) electrons. The van der Waals surface area contributed by atoms with Crippen molar-refractivity contribution in [3.63, 3.8) is 0 Å². The first-order chi connectivity index (χ1) is 11.2. The lowest BCUT2D eigenvalue weighted by Gasteiger charge is -2.21. The van der Waals surface area contributed by atoms with Gasteiger partial charge in [-0.05, 0) is 17.9 Å². The number of amides is 2. The second-order valence-corrected chi connectivity index (χ2v) is 6.41. The molecule has 0 bridgehead atoms. The van der Waals surface area contributed by atoms with Crippen LogP contribution in [0.2, 0.25) is 0 Å². The van der Waals surface area contributed by atoms with Gasteiger partial charge < -0.3 is 9.80 Å². The molecular formula is C16H18N4O2S. The van der Waals surface area contributed by atoms with Crippen molar-refractivity contribution in [1.82, 2.24) is 19.8 Å². The smallest absolute Gasteiger partial charge is 0.274 e. The van der Waals surface area contributed by atoms with E-state index in [1.165, 1.54) is 12.4 Å². The van der Waals surface area contributed by atoms with Crippen LogP contribution < -0.4 is 0 Å². The van der Waals surface area contributed by atoms with Crippen molar-refractivity contribution in [2.45, 2.75) is 12.8 Å². The van der Waals surface area contributed by atoms with E-state index >= 15 is 0 Å². The van der Waals surface area contributed by atoms with Crippen LogP contribution in [-0.4, -0.2) is 57.8 Å². The molecule has 1 saturated heterocycles. The highest BCUT2D eigenvalue weighted by molar-refractivity contribution is 7.10. The van der Waals surface area contributed by atoms with E-state index in [-0.39, 0.29) is 11.8 Å². The van der Waals surface area contributed by atoms with Crippen molar-refractivity contribution in [3.8, 4) is 0 Å². The minimum atomic E-state index is -0.120. The van der Waals surface area contributed by atoms with Gasteiger partial charge in [-0.15, -0.1) is 11.3 Å². The number of rotatable bonds is 3. The molecule has 2 amide bonds. The molecule has 0 saturated carbocycles. The monoisotopic (exact) mass is 330 g/mol. The number of hydrogen-bond donors (Lipinski definition) is 0. The maximum absolute atomic E-state index is 12.4. The average molecular weight is 330 g/mol. The molecule has 0 spiro atoms. The van der Waals surface area contributed by atoms with Crippen molar-refractivity contribution in [2.75, 3.05) is 26.2 Å². The van der Waals surface area contributed by atoms with Gasteiger partial charge in [-0.25, -0.2) is 4.98 Å². The Bertz CT molecular complexity index is 660. The molecule has 0 unspecified atom stereocenters. The Morgan fingerprint density at radius 1 is 1.13 bits per heavy atom. The van der Waals surface area contributed by atoms with Crippen LogP contribution in [0.15, 0.2) is 36.1 Å². The molecule has 6 nitrogen and oxygen atoms in total. The Hall–Kier alpha value is -2.28. The van der Waals surface area contributed by atoms with Gasteiger partial charge in [0.15, 0.2) is 0 Å². The number of hydrogen-bond acceptors (Lipinski definition) is 5. The van der Waals surface area contributed by atoms with Crippen LogP contribution in [0.5, 0.6) is 0 Å². The molecule has 2 aromatic rings. The number of aromatic nitrogens is 2. The third kappa shape index (κ3) is 3.92. The molecule has 0 aromatic carbocycles. The zero-order chi connectivity index (χ0) is 16.1. The Balaban J connectivity index is 1.59. The molecule has 120 valence electrons. The first-order valence-corrected chi connectivity index (χ1v) is 8.47. The van der Waals surface area contributed by atoms with E-state index in [4.69, 9.17) is 0 Å². The molecule has 2 aromatic heterocycles. The van der Waals surface area contributed by atoms with Gasteiger partial charge in [0.05, 0.1) is 12.6 Å². The van der Waals surface area contributed by atoms with Gasteiger partial charge in [0.1, 0.15) is 5.69 Å². The lowest BCUT2D eigenvalue weighted by Crippen LogP contribution is -2.38. The summed E-state index contributed by atoms with van der Waals surface area (Å²) in [6, 6.07) is 3.93. The molecule has 23 heavy (non-hydrogen) atoms. The summed E-state index contributed by atoms with van der Waals surface area (Å²) in [5.41, 5.74) is 0.353. The summed E-state index contributed by atoms with van der Waals surface area (Å²) in [5, 5.41) is 1.98. The summed E-state index contributed by atoms with van der Waals surface area (Å²) < 4.78 is 0. The number of carbonyl (C=O) groups is 2. The predicted octanol–water partition coefficient (Wildman–Crippen LogP) is 1.46. The molecule has 0 N–H and O–H groups in total. The predicted molar refractivity (Wildman–Crippen MR) is 87.2 cm³/mol.